The molecule has 0 bridgehead atoms. The molecule has 0 unspecified atom stereocenters. The Hall–Kier alpha value is 0.400. The summed E-state index contributed by atoms with van der Waals surface area (Å²) in [5.41, 5.74) is 0. The van der Waals surface area contributed by atoms with Crippen LogP contribution in [0.3, 0.4) is 0 Å². The zero-order chi connectivity index (χ0) is 10.6. The maximum atomic E-state index is 5.34. The van der Waals surface area contributed by atoms with Crippen molar-refractivity contribution < 1.29 is 4.74 Å². The van der Waals surface area contributed by atoms with Crippen LogP contribution in [0.4, 0.5) is 0 Å². The van der Waals surface area contributed by atoms with Gasteiger partial charge in [0.15, 0.2) is 0 Å². The summed E-state index contributed by atoms with van der Waals surface area (Å²) in [6, 6.07) is 0. The lowest BCUT2D eigenvalue weighted by Crippen LogP contribution is -2.28. The number of unbranched alkanes of at least 4 members (excludes halogenated alkanes) is 2. The molecular formula is C11H24BrNO. The highest BCUT2D eigenvalue weighted by molar-refractivity contribution is 9.09. The average Bonchev–Trinajstić information content (AvgIpc) is 2.22. The lowest BCUT2D eigenvalue weighted by molar-refractivity contribution is 0.114. The molecule has 0 N–H and O–H groups in total. The van der Waals surface area contributed by atoms with Crippen LogP contribution in [-0.4, -0.2) is 43.1 Å². The standard InChI is InChI=1S/C11H24BrNO/c1-3-13(10-11-14-4-2)9-7-5-6-8-12/h3-11H2,1-2H3. The van der Waals surface area contributed by atoms with Crippen molar-refractivity contribution in [2.75, 3.05) is 38.2 Å². The van der Waals surface area contributed by atoms with Crippen LogP contribution in [0.2, 0.25) is 0 Å². The van der Waals surface area contributed by atoms with Gasteiger partial charge in [-0.15, -0.1) is 0 Å². The van der Waals surface area contributed by atoms with Gasteiger partial charge in [0.25, 0.3) is 0 Å². The van der Waals surface area contributed by atoms with E-state index in [-0.39, 0.29) is 0 Å². The predicted octanol–water partition coefficient (Wildman–Crippen LogP) is 2.91. The van der Waals surface area contributed by atoms with Gasteiger partial charge >= 0.3 is 0 Å². The third-order valence-electron chi connectivity index (χ3n) is 2.31. The minimum Gasteiger partial charge on any atom is -0.380 e. The van der Waals surface area contributed by atoms with Gasteiger partial charge in [-0.05, 0) is 32.9 Å². The van der Waals surface area contributed by atoms with Crippen molar-refractivity contribution in [1.82, 2.24) is 4.90 Å². The third-order valence-corrected chi connectivity index (χ3v) is 2.87. The van der Waals surface area contributed by atoms with Gasteiger partial charge in [-0.1, -0.05) is 29.3 Å². The van der Waals surface area contributed by atoms with E-state index < -0.39 is 0 Å². The van der Waals surface area contributed by atoms with Crippen molar-refractivity contribution in [2.24, 2.45) is 0 Å². The van der Waals surface area contributed by atoms with E-state index in [1.165, 1.54) is 25.8 Å². The number of alkyl halides is 1. The zero-order valence-corrected chi connectivity index (χ0v) is 11.2. The van der Waals surface area contributed by atoms with E-state index in [2.05, 4.69) is 27.8 Å². The molecule has 0 rings (SSSR count). The second kappa shape index (κ2) is 11.5. The lowest BCUT2D eigenvalue weighted by atomic mass is 10.2. The fourth-order valence-electron chi connectivity index (χ4n) is 1.37. The molecule has 3 heteroatoms. The van der Waals surface area contributed by atoms with Crippen molar-refractivity contribution in [3.8, 4) is 0 Å². The Bertz CT molecular complexity index is 111. The van der Waals surface area contributed by atoms with Gasteiger partial charge in [0, 0.05) is 18.5 Å². The highest BCUT2D eigenvalue weighted by Gasteiger charge is 2.00. The first-order valence-electron chi connectivity index (χ1n) is 5.71. The molecule has 0 heterocycles. The van der Waals surface area contributed by atoms with Crippen LogP contribution in [-0.2, 0) is 4.74 Å². The molecule has 86 valence electrons. The number of halogens is 1. The summed E-state index contributed by atoms with van der Waals surface area (Å²) < 4.78 is 5.34. The third kappa shape index (κ3) is 8.97. The van der Waals surface area contributed by atoms with Crippen LogP contribution in [0, 0.1) is 0 Å². The molecule has 0 aromatic rings. The second-order valence-electron chi connectivity index (χ2n) is 3.38. The summed E-state index contributed by atoms with van der Waals surface area (Å²) in [6.45, 7) is 9.42. The Morgan fingerprint density at radius 3 is 2.43 bits per heavy atom. The van der Waals surface area contributed by atoms with Crippen molar-refractivity contribution in [3.05, 3.63) is 0 Å². The van der Waals surface area contributed by atoms with E-state index in [4.69, 9.17) is 4.74 Å². The molecule has 0 saturated carbocycles. The Labute approximate surface area is 97.1 Å². The summed E-state index contributed by atoms with van der Waals surface area (Å²) in [7, 11) is 0. The number of likely N-dealkylation sites (N-methyl/N-ethyl adjacent to an activating group) is 1. The topological polar surface area (TPSA) is 12.5 Å². The molecule has 14 heavy (non-hydrogen) atoms. The molecule has 0 amide bonds. The second-order valence-corrected chi connectivity index (χ2v) is 4.17. The van der Waals surface area contributed by atoms with Crippen molar-refractivity contribution in [1.29, 1.82) is 0 Å². The number of hydrogen-bond donors (Lipinski definition) is 0. The lowest BCUT2D eigenvalue weighted by Gasteiger charge is -2.19. The van der Waals surface area contributed by atoms with Crippen molar-refractivity contribution in [3.63, 3.8) is 0 Å². The fraction of sp³-hybridized carbons (Fsp3) is 1.00. The van der Waals surface area contributed by atoms with Gasteiger partial charge in [-0.25, -0.2) is 0 Å². The largest absolute Gasteiger partial charge is 0.380 e. The molecule has 0 spiro atoms. The molecule has 0 fully saturated rings. The van der Waals surface area contributed by atoms with Gasteiger partial charge in [0.2, 0.25) is 0 Å². The van der Waals surface area contributed by atoms with Gasteiger partial charge in [-0.3, -0.25) is 0 Å². The first-order chi connectivity index (χ1) is 6.85. The Kier molecular flexibility index (Phi) is 11.8. The Morgan fingerprint density at radius 1 is 1.07 bits per heavy atom. The smallest absolute Gasteiger partial charge is 0.0593 e. The number of nitrogens with zero attached hydrogens (tertiary/aromatic N) is 1. The van der Waals surface area contributed by atoms with Crippen molar-refractivity contribution in [2.45, 2.75) is 33.1 Å². The van der Waals surface area contributed by atoms with E-state index >= 15 is 0 Å². The number of rotatable bonds is 10. The Balaban J connectivity index is 3.28. The molecule has 0 radical (unpaired) electrons. The quantitative estimate of drug-likeness (QED) is 0.445. The van der Waals surface area contributed by atoms with Crippen LogP contribution < -0.4 is 0 Å². The molecule has 2 nitrogen and oxygen atoms in total. The maximum Gasteiger partial charge on any atom is 0.0593 e. The van der Waals surface area contributed by atoms with Crippen LogP contribution in [0.5, 0.6) is 0 Å². The fourth-order valence-corrected chi connectivity index (χ4v) is 1.77. The van der Waals surface area contributed by atoms with Crippen molar-refractivity contribution >= 4 is 15.9 Å². The van der Waals surface area contributed by atoms with E-state index in [9.17, 15) is 0 Å². The molecule has 0 atom stereocenters. The summed E-state index contributed by atoms with van der Waals surface area (Å²) in [5.74, 6) is 0. The normalized spacial score (nSPS) is 11.1. The molecule has 0 saturated heterocycles. The van der Waals surface area contributed by atoms with Gasteiger partial charge in [0.05, 0.1) is 6.61 Å². The minimum absolute atomic E-state index is 0.834. The highest BCUT2D eigenvalue weighted by Crippen LogP contribution is 2.00. The number of hydrogen-bond acceptors (Lipinski definition) is 2. The van der Waals surface area contributed by atoms with Crippen LogP contribution in [0.1, 0.15) is 33.1 Å². The summed E-state index contributed by atoms with van der Waals surface area (Å²) in [5, 5.41) is 1.14. The molecule has 0 aromatic carbocycles. The molecule has 0 aliphatic heterocycles. The Morgan fingerprint density at radius 2 is 1.86 bits per heavy atom. The van der Waals surface area contributed by atoms with Crippen LogP contribution in [0.25, 0.3) is 0 Å². The summed E-state index contributed by atoms with van der Waals surface area (Å²) in [4.78, 5) is 2.46. The van der Waals surface area contributed by atoms with Crippen LogP contribution in [0.15, 0.2) is 0 Å². The zero-order valence-electron chi connectivity index (χ0n) is 9.60. The van der Waals surface area contributed by atoms with E-state index in [0.29, 0.717) is 0 Å². The highest BCUT2D eigenvalue weighted by atomic mass is 79.9. The van der Waals surface area contributed by atoms with Gasteiger partial charge in [0.1, 0.15) is 0 Å². The van der Waals surface area contributed by atoms with E-state index in [0.717, 1.165) is 31.6 Å². The first kappa shape index (κ1) is 14.4. The maximum absolute atomic E-state index is 5.34. The minimum atomic E-state index is 0.834. The average molecular weight is 266 g/mol. The SMILES string of the molecule is CCOCCN(CC)CCCCCBr. The predicted molar refractivity (Wildman–Crippen MR) is 66.3 cm³/mol. The molecule has 0 aliphatic carbocycles. The van der Waals surface area contributed by atoms with Crippen LogP contribution >= 0.6 is 15.9 Å². The van der Waals surface area contributed by atoms with Gasteiger partial charge in [-0.2, -0.15) is 0 Å². The summed E-state index contributed by atoms with van der Waals surface area (Å²) >= 11 is 3.45. The van der Waals surface area contributed by atoms with E-state index in [1.54, 1.807) is 0 Å². The monoisotopic (exact) mass is 265 g/mol. The molecule has 0 aliphatic rings. The molecule has 0 aromatic heterocycles. The molecular weight excluding hydrogens is 242 g/mol. The van der Waals surface area contributed by atoms with Gasteiger partial charge < -0.3 is 9.64 Å². The first-order valence-corrected chi connectivity index (χ1v) is 6.83. The number of ether oxygens (including phenoxy) is 1. The van der Waals surface area contributed by atoms with E-state index in [1.807, 2.05) is 6.92 Å². The summed E-state index contributed by atoms with van der Waals surface area (Å²) in [6.07, 6.45) is 3.94.